The van der Waals surface area contributed by atoms with Gasteiger partial charge in [0.05, 0.1) is 6.61 Å². The van der Waals surface area contributed by atoms with Gasteiger partial charge in [-0.25, -0.2) is 0 Å². The van der Waals surface area contributed by atoms with Crippen molar-refractivity contribution < 1.29 is 14.5 Å². The van der Waals surface area contributed by atoms with Crippen molar-refractivity contribution in [3.8, 4) is 0 Å². The van der Waals surface area contributed by atoms with Gasteiger partial charge >= 0.3 is 5.96 Å². The molecular formula is C6H11N4O3+. The fraction of sp³-hybridized carbons (Fsp3) is 0.500. The van der Waals surface area contributed by atoms with E-state index < -0.39 is 4.92 Å². The first-order valence-corrected chi connectivity index (χ1v) is 3.74. The molecule has 0 radical (unpaired) electrons. The Morgan fingerprint density at radius 3 is 2.92 bits per heavy atom. The largest absolute Gasteiger partial charge is 0.544 e. The number of nitro groups is 1. The summed E-state index contributed by atoms with van der Waals surface area (Å²) in [4.78, 5) is 13.5. The number of rotatable bonds is 3. The predicted octanol–water partition coefficient (Wildman–Crippen LogP) is -1.17. The minimum Gasteiger partial charge on any atom is -0.390 e. The molecular weight excluding hydrogens is 176 g/mol. The lowest BCUT2D eigenvalue weighted by Gasteiger charge is -2.23. The fourth-order valence-corrected chi connectivity index (χ4v) is 1.21. The highest BCUT2D eigenvalue weighted by Crippen LogP contribution is 2.14. The molecule has 0 bridgehead atoms. The van der Waals surface area contributed by atoms with Gasteiger partial charge in [-0.15, -0.1) is 0 Å². The first-order valence-electron chi connectivity index (χ1n) is 3.74. The van der Waals surface area contributed by atoms with Gasteiger partial charge in [-0.2, -0.15) is 4.48 Å². The smallest absolute Gasteiger partial charge is 0.390 e. The van der Waals surface area contributed by atoms with Crippen molar-refractivity contribution in [1.29, 1.82) is 0 Å². The monoisotopic (exact) mass is 187 g/mol. The minimum atomic E-state index is -0.581. The Balaban J connectivity index is 2.92. The average Bonchev–Trinajstić information content (AvgIpc) is 2.50. The van der Waals surface area contributed by atoms with Crippen LogP contribution >= 0.6 is 0 Å². The number of nitrogens with zero attached hydrogens (tertiary/aromatic N) is 3. The number of aliphatic imine (C=N–C) groups is 1. The average molecular weight is 187 g/mol. The van der Waals surface area contributed by atoms with Crippen LogP contribution < -0.4 is 5.73 Å². The highest BCUT2D eigenvalue weighted by Gasteiger charge is 2.44. The van der Waals surface area contributed by atoms with Gasteiger partial charge in [-0.1, -0.05) is 0 Å². The Morgan fingerprint density at radius 1 is 1.77 bits per heavy atom. The van der Waals surface area contributed by atoms with Crippen LogP contribution in [0.5, 0.6) is 0 Å². The van der Waals surface area contributed by atoms with Gasteiger partial charge in [0, 0.05) is 9.92 Å². The van der Waals surface area contributed by atoms with Gasteiger partial charge in [-0.05, 0) is 0 Å². The lowest BCUT2D eigenvalue weighted by Crippen LogP contribution is -2.54. The van der Waals surface area contributed by atoms with Crippen molar-refractivity contribution in [2.24, 2.45) is 10.7 Å². The van der Waals surface area contributed by atoms with E-state index in [0.717, 1.165) is 0 Å². The summed E-state index contributed by atoms with van der Waals surface area (Å²) in [6.45, 7) is 0.0259. The first-order chi connectivity index (χ1) is 6.16. The third kappa shape index (κ3) is 1.57. The molecule has 0 aromatic carbocycles. The maximum atomic E-state index is 10.5. The second-order valence-electron chi connectivity index (χ2n) is 2.65. The van der Waals surface area contributed by atoms with Crippen molar-refractivity contribution in [1.82, 2.24) is 0 Å². The van der Waals surface area contributed by atoms with E-state index in [0.29, 0.717) is 0 Å². The molecule has 1 aliphatic rings. The van der Waals surface area contributed by atoms with Gasteiger partial charge in [0.2, 0.25) is 0 Å². The van der Waals surface area contributed by atoms with Crippen molar-refractivity contribution in [2.75, 3.05) is 19.8 Å². The van der Waals surface area contributed by atoms with Gasteiger partial charge in [0.15, 0.2) is 12.4 Å². The molecule has 0 aromatic heterocycles. The zero-order chi connectivity index (χ0) is 9.90. The first kappa shape index (κ1) is 9.78. The lowest BCUT2D eigenvalue weighted by atomic mass is 10.4. The van der Waals surface area contributed by atoms with Crippen LogP contribution in [-0.4, -0.2) is 40.3 Å². The number of nitrogens with two attached hydrogens (primary N) is 1. The summed E-state index contributed by atoms with van der Waals surface area (Å²) in [5.41, 5.74) is 5.41. The van der Waals surface area contributed by atoms with Gasteiger partial charge in [-0.3, -0.25) is 5.73 Å². The summed E-state index contributed by atoms with van der Waals surface area (Å²) >= 11 is 0. The van der Waals surface area contributed by atoms with Crippen LogP contribution in [0.25, 0.3) is 0 Å². The molecule has 72 valence electrons. The van der Waals surface area contributed by atoms with Crippen LogP contribution in [0.2, 0.25) is 0 Å². The Bertz CT molecular complexity index is 275. The topological polar surface area (TPSA) is 102 Å². The van der Waals surface area contributed by atoms with Gasteiger partial charge in [0.25, 0.3) is 0 Å². The van der Waals surface area contributed by atoms with Crippen LogP contribution in [0.4, 0.5) is 0 Å². The van der Waals surface area contributed by atoms with Crippen molar-refractivity contribution in [3.63, 3.8) is 0 Å². The molecule has 0 saturated heterocycles. The van der Waals surface area contributed by atoms with E-state index >= 15 is 0 Å². The van der Waals surface area contributed by atoms with Crippen LogP contribution in [-0.2, 0) is 0 Å². The number of quaternary nitrogens is 1. The molecule has 0 saturated carbocycles. The Hall–Kier alpha value is -1.31. The Labute approximate surface area is 74.5 Å². The number of aliphatic hydroxyl groups excluding tert-OH is 1. The molecule has 1 heterocycles. The van der Waals surface area contributed by atoms with Crippen molar-refractivity contribution in [2.45, 2.75) is 0 Å². The van der Waals surface area contributed by atoms with E-state index in [4.69, 9.17) is 10.8 Å². The lowest BCUT2D eigenvalue weighted by molar-refractivity contribution is -0.822. The SMILES string of the molecule is NC[N+]1(CCO)C=CN=C1[N+](=O)[O-]. The van der Waals surface area contributed by atoms with Crippen molar-refractivity contribution >= 4 is 5.96 Å². The molecule has 7 heteroatoms. The maximum absolute atomic E-state index is 10.5. The molecule has 0 spiro atoms. The molecule has 1 rings (SSSR count). The second-order valence-corrected chi connectivity index (χ2v) is 2.65. The molecule has 0 aliphatic carbocycles. The standard InChI is InChI=1S/C6H11N4O3/c7-5-10(3-4-11)2-1-8-6(10)9(12)13/h1-2,11H,3-5,7H2/q+1. The van der Waals surface area contributed by atoms with E-state index in [-0.39, 0.29) is 30.3 Å². The zero-order valence-electron chi connectivity index (χ0n) is 6.96. The molecule has 0 fully saturated rings. The predicted molar refractivity (Wildman–Crippen MR) is 44.8 cm³/mol. The summed E-state index contributed by atoms with van der Waals surface area (Å²) in [7, 11) is 0. The molecule has 0 aromatic rings. The number of hydrogen-bond donors (Lipinski definition) is 2. The molecule has 1 aliphatic heterocycles. The van der Waals surface area contributed by atoms with Crippen LogP contribution in [0.3, 0.4) is 0 Å². The number of aliphatic hydroxyl groups is 1. The molecule has 1 atom stereocenters. The number of hydrogen-bond acceptors (Lipinski definition) is 5. The van der Waals surface area contributed by atoms with E-state index in [1.165, 1.54) is 12.4 Å². The van der Waals surface area contributed by atoms with E-state index in [1.54, 1.807) is 0 Å². The Morgan fingerprint density at radius 2 is 2.46 bits per heavy atom. The summed E-state index contributed by atoms with van der Waals surface area (Å²) in [5, 5.41) is 19.3. The molecule has 1 unspecified atom stereocenters. The zero-order valence-corrected chi connectivity index (χ0v) is 6.96. The summed E-state index contributed by atoms with van der Waals surface area (Å²) in [6, 6.07) is 0. The van der Waals surface area contributed by atoms with Gasteiger partial charge in [0.1, 0.15) is 13.2 Å². The fourth-order valence-electron chi connectivity index (χ4n) is 1.21. The number of guanidine groups is 1. The molecule has 0 amide bonds. The Kier molecular flexibility index (Phi) is 2.71. The molecule has 7 nitrogen and oxygen atoms in total. The second kappa shape index (κ2) is 3.60. The van der Waals surface area contributed by atoms with Crippen LogP contribution in [0.1, 0.15) is 0 Å². The minimum absolute atomic E-state index is 0.0247. The van der Waals surface area contributed by atoms with Gasteiger partial charge < -0.3 is 15.2 Å². The normalized spacial score (nSPS) is 26.2. The van der Waals surface area contributed by atoms with E-state index in [9.17, 15) is 10.1 Å². The summed E-state index contributed by atoms with van der Waals surface area (Å²) in [6.07, 6.45) is 2.84. The quantitative estimate of drug-likeness (QED) is 0.330. The third-order valence-corrected chi connectivity index (χ3v) is 1.93. The third-order valence-electron chi connectivity index (χ3n) is 1.93. The van der Waals surface area contributed by atoms with Crippen molar-refractivity contribution in [3.05, 3.63) is 22.5 Å². The van der Waals surface area contributed by atoms with Crippen LogP contribution in [0.15, 0.2) is 17.4 Å². The molecule has 3 N–H and O–H groups in total. The van der Waals surface area contributed by atoms with E-state index in [1.807, 2.05) is 0 Å². The highest BCUT2D eigenvalue weighted by atomic mass is 16.6. The summed E-state index contributed by atoms with van der Waals surface area (Å²) in [5.74, 6) is -0.239. The maximum Gasteiger partial charge on any atom is 0.544 e. The van der Waals surface area contributed by atoms with Crippen LogP contribution in [0, 0.1) is 10.1 Å². The van der Waals surface area contributed by atoms with E-state index in [2.05, 4.69) is 4.99 Å². The molecule has 13 heavy (non-hydrogen) atoms. The summed E-state index contributed by atoms with van der Waals surface area (Å²) < 4.78 is -0.191. The highest BCUT2D eigenvalue weighted by molar-refractivity contribution is 5.67.